The molecule has 6 heteroatoms. The van der Waals surface area contributed by atoms with Crippen LogP contribution in [0.2, 0.25) is 0 Å². The first kappa shape index (κ1) is 14.1. The van der Waals surface area contributed by atoms with Gasteiger partial charge in [-0.05, 0) is 30.0 Å². The predicted octanol–water partition coefficient (Wildman–Crippen LogP) is 2.38. The van der Waals surface area contributed by atoms with E-state index in [4.69, 9.17) is 5.84 Å². The van der Waals surface area contributed by atoms with Crippen LogP contribution in [0.15, 0.2) is 28.7 Å². The molecule has 17 heavy (non-hydrogen) atoms. The third-order valence-corrected chi connectivity index (χ3v) is 2.62. The summed E-state index contributed by atoms with van der Waals surface area (Å²) in [4.78, 5) is 3.29. The van der Waals surface area contributed by atoms with E-state index in [-0.39, 0.29) is 13.5 Å². The third-order valence-electron chi connectivity index (χ3n) is 2.16. The van der Waals surface area contributed by atoms with E-state index in [2.05, 4.69) is 27.6 Å². The fourth-order valence-corrected chi connectivity index (χ4v) is 1.85. The average molecular weight is 268 g/mol. The van der Waals surface area contributed by atoms with Crippen molar-refractivity contribution in [3.8, 4) is 0 Å². The molecule has 0 atom stereocenters. The number of aromatic nitrogens is 1. The van der Waals surface area contributed by atoms with Gasteiger partial charge in [-0.1, -0.05) is 12.1 Å². The molecule has 2 rings (SSSR count). The molecule has 0 radical (unpaired) electrons. The highest BCUT2D eigenvalue weighted by Crippen LogP contribution is 2.16. The van der Waals surface area contributed by atoms with E-state index >= 15 is 0 Å². The average Bonchev–Trinajstić information content (AvgIpc) is 2.56. The number of rotatable bonds is 3. The number of benzene rings is 1. The summed E-state index contributed by atoms with van der Waals surface area (Å²) in [5.74, 6) is 5.43. The molecule has 0 bridgehead atoms. The largest absolute Gasteiger partial charge is 0.359 e. The molecule has 1 aromatic heterocycles. The normalized spacial score (nSPS) is 11.3. The zero-order valence-corrected chi connectivity index (χ0v) is 11.6. The Bertz CT molecular complexity index is 519. The molecule has 0 aliphatic rings. The minimum absolute atomic E-state index is 0. The SMILES string of the molecule is Cc1cc2ccc(/C=N/SN(C)N)cc2[nH]1.S. The number of hydrazine groups is 1. The molecule has 4 nitrogen and oxygen atoms in total. The molecular weight excluding hydrogens is 252 g/mol. The van der Waals surface area contributed by atoms with Crippen molar-refractivity contribution in [3.05, 3.63) is 35.5 Å². The summed E-state index contributed by atoms with van der Waals surface area (Å²) >= 11 is 1.21. The lowest BCUT2D eigenvalue weighted by Gasteiger charge is -2.00. The minimum atomic E-state index is 0. The van der Waals surface area contributed by atoms with Crippen LogP contribution in [0.5, 0.6) is 0 Å². The maximum Gasteiger partial charge on any atom is 0.0765 e. The number of hydrogen-bond acceptors (Lipinski definition) is 4. The lowest BCUT2D eigenvalue weighted by Crippen LogP contribution is -2.15. The van der Waals surface area contributed by atoms with Gasteiger partial charge in [-0.25, -0.2) is 4.40 Å². The van der Waals surface area contributed by atoms with Gasteiger partial charge in [0.15, 0.2) is 0 Å². The highest BCUT2D eigenvalue weighted by Gasteiger charge is 1.97. The molecule has 1 aromatic carbocycles. The number of fused-ring (bicyclic) bond motifs is 1. The molecule has 3 N–H and O–H groups in total. The quantitative estimate of drug-likeness (QED) is 0.389. The summed E-state index contributed by atoms with van der Waals surface area (Å²) in [7, 11) is 1.75. The maximum absolute atomic E-state index is 5.43. The van der Waals surface area contributed by atoms with Crippen LogP contribution in [0.4, 0.5) is 0 Å². The van der Waals surface area contributed by atoms with Gasteiger partial charge in [0.25, 0.3) is 0 Å². The lowest BCUT2D eigenvalue weighted by molar-refractivity contribution is 0.611. The number of aromatic amines is 1. The van der Waals surface area contributed by atoms with Crippen molar-refractivity contribution in [2.75, 3.05) is 7.05 Å². The summed E-state index contributed by atoms with van der Waals surface area (Å²) in [5.41, 5.74) is 3.36. The first-order chi connectivity index (χ1) is 7.65. The van der Waals surface area contributed by atoms with Crippen LogP contribution < -0.4 is 5.84 Å². The van der Waals surface area contributed by atoms with E-state index in [9.17, 15) is 0 Å². The molecular formula is C11H16N4S2. The Morgan fingerprint density at radius 1 is 1.41 bits per heavy atom. The van der Waals surface area contributed by atoms with Crippen LogP contribution in [-0.2, 0) is 0 Å². The van der Waals surface area contributed by atoms with E-state index < -0.39 is 0 Å². The summed E-state index contributed by atoms with van der Waals surface area (Å²) in [5, 5.41) is 1.22. The number of hydrogen-bond donors (Lipinski definition) is 2. The van der Waals surface area contributed by atoms with Crippen LogP contribution in [0.25, 0.3) is 10.9 Å². The fourth-order valence-electron chi connectivity index (χ4n) is 1.53. The standard InChI is InChI=1S/C11H14N4S.H2S/c1-8-5-10-4-3-9(6-11(10)14-8)7-13-16-15(2)12;/h3-7,14H,12H2,1-2H3;1H2/b13-7+;. The van der Waals surface area contributed by atoms with Gasteiger partial charge in [0.2, 0.25) is 0 Å². The highest BCUT2D eigenvalue weighted by atomic mass is 32.2. The van der Waals surface area contributed by atoms with E-state index in [0.717, 1.165) is 11.1 Å². The van der Waals surface area contributed by atoms with Crippen molar-refractivity contribution in [1.29, 1.82) is 0 Å². The van der Waals surface area contributed by atoms with Crippen molar-refractivity contribution in [1.82, 2.24) is 9.40 Å². The van der Waals surface area contributed by atoms with Gasteiger partial charge in [0.1, 0.15) is 0 Å². The van der Waals surface area contributed by atoms with Gasteiger partial charge in [-0.3, -0.25) is 5.84 Å². The Balaban J connectivity index is 0.00000144. The number of aryl methyl sites for hydroxylation is 1. The van der Waals surface area contributed by atoms with E-state index in [1.54, 1.807) is 13.3 Å². The summed E-state index contributed by atoms with van der Waals surface area (Å²) < 4.78 is 5.59. The van der Waals surface area contributed by atoms with E-state index in [0.29, 0.717) is 0 Å². The lowest BCUT2D eigenvalue weighted by atomic mass is 10.2. The van der Waals surface area contributed by atoms with Crippen molar-refractivity contribution in [3.63, 3.8) is 0 Å². The molecule has 2 aromatic rings. The summed E-state index contributed by atoms with van der Waals surface area (Å²) in [6.07, 6.45) is 1.80. The number of nitrogens with two attached hydrogens (primary N) is 1. The van der Waals surface area contributed by atoms with Gasteiger partial charge in [0, 0.05) is 24.5 Å². The van der Waals surface area contributed by atoms with Crippen LogP contribution in [0.1, 0.15) is 11.3 Å². The topological polar surface area (TPSA) is 57.4 Å². The molecule has 0 saturated heterocycles. The molecule has 0 unspecified atom stereocenters. The molecule has 0 amide bonds. The second-order valence-electron chi connectivity index (χ2n) is 3.66. The van der Waals surface area contributed by atoms with Gasteiger partial charge in [-0.15, -0.1) is 0 Å². The Morgan fingerprint density at radius 2 is 2.18 bits per heavy atom. The smallest absolute Gasteiger partial charge is 0.0765 e. The predicted molar refractivity (Wildman–Crippen MR) is 80.6 cm³/mol. The zero-order chi connectivity index (χ0) is 11.5. The first-order valence-corrected chi connectivity index (χ1v) is 5.66. The van der Waals surface area contributed by atoms with Crippen molar-refractivity contribution in [2.45, 2.75) is 6.92 Å². The van der Waals surface area contributed by atoms with Gasteiger partial charge in [-0.2, -0.15) is 17.9 Å². The highest BCUT2D eigenvalue weighted by molar-refractivity contribution is 7.95. The minimum Gasteiger partial charge on any atom is -0.359 e. The first-order valence-electron chi connectivity index (χ1n) is 4.93. The molecule has 1 heterocycles. The van der Waals surface area contributed by atoms with Crippen molar-refractivity contribution >= 4 is 42.7 Å². The third kappa shape index (κ3) is 3.78. The van der Waals surface area contributed by atoms with E-state index in [1.165, 1.54) is 27.6 Å². The van der Waals surface area contributed by atoms with Gasteiger partial charge >= 0.3 is 0 Å². The molecule has 0 spiro atoms. The van der Waals surface area contributed by atoms with Crippen LogP contribution >= 0.6 is 25.6 Å². The van der Waals surface area contributed by atoms with Gasteiger partial charge < -0.3 is 4.98 Å². The Labute approximate surface area is 112 Å². The van der Waals surface area contributed by atoms with Crippen LogP contribution in [0.3, 0.4) is 0 Å². The Kier molecular flexibility index (Phi) is 5.07. The maximum atomic E-state index is 5.43. The number of H-pyrrole nitrogens is 1. The number of nitrogens with zero attached hydrogens (tertiary/aromatic N) is 2. The molecule has 0 aliphatic heterocycles. The van der Waals surface area contributed by atoms with Gasteiger partial charge in [0.05, 0.1) is 12.1 Å². The monoisotopic (exact) mass is 268 g/mol. The van der Waals surface area contributed by atoms with Crippen molar-refractivity contribution in [2.24, 2.45) is 10.2 Å². The second-order valence-corrected chi connectivity index (χ2v) is 4.61. The van der Waals surface area contributed by atoms with E-state index in [1.807, 2.05) is 13.0 Å². The fraction of sp³-hybridized carbons (Fsp3) is 0.182. The van der Waals surface area contributed by atoms with Crippen LogP contribution in [-0.4, -0.2) is 22.7 Å². The molecule has 0 fully saturated rings. The molecule has 92 valence electrons. The van der Waals surface area contributed by atoms with Crippen molar-refractivity contribution < 1.29 is 0 Å². The summed E-state index contributed by atoms with van der Waals surface area (Å²) in [6.45, 7) is 2.05. The Morgan fingerprint density at radius 3 is 2.88 bits per heavy atom. The number of nitrogens with one attached hydrogen (secondary N) is 1. The Hall–Kier alpha value is -0.950. The molecule has 0 aliphatic carbocycles. The molecule has 0 saturated carbocycles. The second kappa shape index (κ2) is 6.11. The summed E-state index contributed by atoms with van der Waals surface area (Å²) in [6, 6.07) is 8.31. The zero-order valence-electron chi connectivity index (χ0n) is 9.77. The van der Waals surface area contributed by atoms with Crippen LogP contribution in [0, 0.1) is 6.92 Å².